The van der Waals surface area contributed by atoms with Gasteiger partial charge in [-0.2, -0.15) is 0 Å². The van der Waals surface area contributed by atoms with Crippen LogP contribution in [-0.4, -0.2) is 33.3 Å². The number of nitro benzene ring substituents is 1. The van der Waals surface area contributed by atoms with Gasteiger partial charge in [0.1, 0.15) is 5.60 Å². The Kier molecular flexibility index (Phi) is 4.57. The predicted molar refractivity (Wildman–Crippen MR) is 68.8 cm³/mol. The standard InChI is InChI=1S/C12H16N2O5/c1-8-7-9(3-4-10(8)14(18)19)13-11(16)12(2,17)5-6-15/h3-4,7,15,17H,5-6H2,1-2H3,(H,13,16)/t12-/m0/s1. The van der Waals surface area contributed by atoms with Crippen LogP contribution in [0.3, 0.4) is 0 Å². The van der Waals surface area contributed by atoms with Crippen molar-refractivity contribution in [1.29, 1.82) is 0 Å². The number of benzene rings is 1. The lowest BCUT2D eigenvalue weighted by atomic mass is 10.0. The Hall–Kier alpha value is -1.99. The Morgan fingerprint density at radius 3 is 2.63 bits per heavy atom. The normalized spacial score (nSPS) is 13.7. The van der Waals surface area contributed by atoms with Crippen molar-refractivity contribution in [3.05, 3.63) is 33.9 Å². The first-order valence-electron chi connectivity index (χ1n) is 5.67. The molecule has 19 heavy (non-hydrogen) atoms. The highest BCUT2D eigenvalue weighted by atomic mass is 16.6. The molecular weight excluding hydrogens is 252 g/mol. The Labute approximate surface area is 110 Å². The van der Waals surface area contributed by atoms with Crippen molar-refractivity contribution in [2.45, 2.75) is 25.9 Å². The van der Waals surface area contributed by atoms with E-state index in [0.717, 1.165) is 0 Å². The van der Waals surface area contributed by atoms with Gasteiger partial charge in [0.2, 0.25) is 0 Å². The number of amides is 1. The number of hydrogen-bond donors (Lipinski definition) is 3. The Morgan fingerprint density at radius 2 is 2.16 bits per heavy atom. The molecule has 1 atom stereocenters. The van der Waals surface area contributed by atoms with Gasteiger partial charge in [-0.25, -0.2) is 0 Å². The molecule has 7 heteroatoms. The van der Waals surface area contributed by atoms with E-state index in [-0.39, 0.29) is 18.7 Å². The third-order valence-corrected chi connectivity index (χ3v) is 2.74. The molecule has 0 spiro atoms. The van der Waals surface area contributed by atoms with E-state index in [0.29, 0.717) is 11.3 Å². The zero-order chi connectivity index (χ0) is 14.6. The molecule has 0 aromatic heterocycles. The van der Waals surface area contributed by atoms with Crippen molar-refractivity contribution >= 4 is 17.3 Å². The number of nitro groups is 1. The first-order valence-corrected chi connectivity index (χ1v) is 5.67. The summed E-state index contributed by atoms with van der Waals surface area (Å²) in [5.41, 5.74) is -0.972. The third-order valence-electron chi connectivity index (χ3n) is 2.74. The molecule has 0 radical (unpaired) electrons. The summed E-state index contributed by atoms with van der Waals surface area (Å²) in [5.74, 6) is -0.671. The molecule has 0 saturated carbocycles. The lowest BCUT2D eigenvalue weighted by Gasteiger charge is -2.21. The Balaban J connectivity index is 2.87. The third kappa shape index (κ3) is 3.73. The quantitative estimate of drug-likeness (QED) is 0.544. The van der Waals surface area contributed by atoms with E-state index >= 15 is 0 Å². The van der Waals surface area contributed by atoms with Gasteiger partial charge in [-0.05, 0) is 26.0 Å². The van der Waals surface area contributed by atoms with Gasteiger partial charge in [0.05, 0.1) is 4.92 Å². The second-order valence-electron chi connectivity index (χ2n) is 4.46. The maximum atomic E-state index is 11.7. The van der Waals surface area contributed by atoms with Crippen LogP contribution in [0.5, 0.6) is 0 Å². The molecule has 0 aliphatic rings. The van der Waals surface area contributed by atoms with E-state index in [1.54, 1.807) is 6.92 Å². The van der Waals surface area contributed by atoms with E-state index in [9.17, 15) is 20.0 Å². The van der Waals surface area contributed by atoms with Gasteiger partial charge in [-0.15, -0.1) is 0 Å². The van der Waals surface area contributed by atoms with Crippen molar-refractivity contribution in [2.24, 2.45) is 0 Å². The maximum Gasteiger partial charge on any atom is 0.272 e. The highest BCUT2D eigenvalue weighted by Crippen LogP contribution is 2.22. The molecule has 104 valence electrons. The summed E-state index contributed by atoms with van der Waals surface area (Å²) < 4.78 is 0. The molecule has 7 nitrogen and oxygen atoms in total. The van der Waals surface area contributed by atoms with Crippen LogP contribution in [0, 0.1) is 17.0 Å². The molecule has 1 aromatic rings. The number of aliphatic hydroxyl groups excluding tert-OH is 1. The van der Waals surface area contributed by atoms with Crippen LogP contribution in [0.1, 0.15) is 18.9 Å². The van der Waals surface area contributed by atoms with Gasteiger partial charge < -0.3 is 15.5 Å². The lowest BCUT2D eigenvalue weighted by Crippen LogP contribution is -2.40. The first kappa shape index (κ1) is 15.1. The van der Waals surface area contributed by atoms with Crippen LogP contribution >= 0.6 is 0 Å². The van der Waals surface area contributed by atoms with E-state index in [1.807, 2.05) is 0 Å². The SMILES string of the molecule is Cc1cc(NC(=O)[C@@](C)(O)CCO)ccc1[N+](=O)[O-]. The predicted octanol–water partition coefficient (Wildman–Crippen LogP) is 0.975. The van der Waals surface area contributed by atoms with Crippen LogP contribution in [-0.2, 0) is 4.79 Å². The Morgan fingerprint density at radius 1 is 1.53 bits per heavy atom. The number of carbonyl (C=O) groups excluding carboxylic acids is 1. The fourth-order valence-electron chi connectivity index (χ4n) is 1.54. The summed E-state index contributed by atoms with van der Waals surface area (Å²) in [4.78, 5) is 21.9. The molecule has 0 aliphatic carbocycles. The molecule has 0 saturated heterocycles. The Bertz CT molecular complexity index is 499. The summed E-state index contributed by atoms with van der Waals surface area (Å²) in [5, 5.41) is 31.6. The average Bonchev–Trinajstić information content (AvgIpc) is 2.28. The average molecular weight is 268 g/mol. The topological polar surface area (TPSA) is 113 Å². The number of rotatable bonds is 5. The number of carbonyl (C=O) groups is 1. The molecular formula is C12H16N2O5. The van der Waals surface area contributed by atoms with Crippen molar-refractivity contribution in [2.75, 3.05) is 11.9 Å². The van der Waals surface area contributed by atoms with Gasteiger partial charge in [-0.1, -0.05) is 0 Å². The van der Waals surface area contributed by atoms with Crippen molar-refractivity contribution < 1.29 is 19.9 Å². The number of hydrogen-bond acceptors (Lipinski definition) is 5. The fraction of sp³-hybridized carbons (Fsp3) is 0.417. The van der Waals surface area contributed by atoms with Gasteiger partial charge in [0.25, 0.3) is 11.6 Å². The smallest absolute Gasteiger partial charge is 0.272 e. The minimum absolute atomic E-state index is 0.0416. The zero-order valence-electron chi connectivity index (χ0n) is 10.7. The number of nitrogens with one attached hydrogen (secondary N) is 1. The molecule has 0 unspecified atom stereocenters. The van der Waals surface area contributed by atoms with Crippen molar-refractivity contribution in [3.63, 3.8) is 0 Å². The van der Waals surface area contributed by atoms with Crippen LogP contribution < -0.4 is 5.32 Å². The van der Waals surface area contributed by atoms with Crippen molar-refractivity contribution in [3.8, 4) is 0 Å². The molecule has 0 aliphatic heterocycles. The molecule has 1 aromatic carbocycles. The minimum Gasteiger partial charge on any atom is -0.396 e. The number of anilines is 1. The summed E-state index contributed by atoms with van der Waals surface area (Å²) in [6, 6.07) is 4.12. The largest absolute Gasteiger partial charge is 0.396 e. The minimum atomic E-state index is -1.69. The number of aryl methyl sites for hydroxylation is 1. The molecule has 1 amide bonds. The first-order chi connectivity index (χ1) is 8.77. The van der Waals surface area contributed by atoms with Gasteiger partial charge in [0.15, 0.2) is 0 Å². The lowest BCUT2D eigenvalue weighted by molar-refractivity contribution is -0.385. The number of nitrogens with zero attached hydrogens (tertiary/aromatic N) is 1. The summed E-state index contributed by atoms with van der Waals surface area (Å²) in [7, 11) is 0. The van der Waals surface area contributed by atoms with E-state index in [4.69, 9.17) is 5.11 Å². The van der Waals surface area contributed by atoms with Gasteiger partial charge in [-0.3, -0.25) is 14.9 Å². The van der Waals surface area contributed by atoms with Crippen LogP contribution in [0.2, 0.25) is 0 Å². The van der Waals surface area contributed by atoms with E-state index in [2.05, 4.69) is 5.32 Å². The van der Waals surface area contributed by atoms with Crippen LogP contribution in [0.4, 0.5) is 11.4 Å². The molecule has 0 heterocycles. The van der Waals surface area contributed by atoms with Crippen LogP contribution in [0.15, 0.2) is 18.2 Å². The van der Waals surface area contributed by atoms with E-state index < -0.39 is 16.4 Å². The van der Waals surface area contributed by atoms with Gasteiger partial charge >= 0.3 is 0 Å². The van der Waals surface area contributed by atoms with Crippen LogP contribution in [0.25, 0.3) is 0 Å². The molecule has 0 fully saturated rings. The molecule has 1 rings (SSSR count). The maximum absolute atomic E-state index is 11.7. The molecule has 0 bridgehead atoms. The zero-order valence-corrected chi connectivity index (χ0v) is 10.7. The summed E-state index contributed by atoms with van der Waals surface area (Å²) in [6.07, 6.45) is -0.0925. The monoisotopic (exact) mass is 268 g/mol. The fourth-order valence-corrected chi connectivity index (χ4v) is 1.54. The van der Waals surface area contributed by atoms with E-state index in [1.165, 1.54) is 25.1 Å². The van der Waals surface area contributed by atoms with Crippen molar-refractivity contribution in [1.82, 2.24) is 0 Å². The molecule has 3 N–H and O–H groups in total. The second-order valence-corrected chi connectivity index (χ2v) is 4.46. The van der Waals surface area contributed by atoms with Gasteiger partial charge in [0, 0.05) is 30.3 Å². The summed E-state index contributed by atoms with van der Waals surface area (Å²) >= 11 is 0. The highest BCUT2D eigenvalue weighted by molar-refractivity contribution is 5.96. The highest BCUT2D eigenvalue weighted by Gasteiger charge is 2.29. The number of aliphatic hydroxyl groups is 2. The summed E-state index contributed by atoms with van der Waals surface area (Å²) in [6.45, 7) is 2.52. The second kappa shape index (κ2) is 5.77.